The third-order valence-electron chi connectivity index (χ3n) is 2.22. The lowest BCUT2D eigenvalue weighted by atomic mass is 10.2. The molecule has 0 fully saturated rings. The minimum Gasteiger partial charge on any atom is -0.342 e. The first-order chi connectivity index (χ1) is 6.79. The number of rotatable bonds is 4. The number of hydrogen-bond acceptors (Lipinski definition) is 1. The molecule has 0 atom stereocenters. The summed E-state index contributed by atoms with van der Waals surface area (Å²) in [6, 6.07) is 10.3. The molecule has 0 aliphatic heterocycles. The van der Waals surface area contributed by atoms with Gasteiger partial charge in [0.15, 0.2) is 0 Å². The maximum atomic E-state index is 3.77. The summed E-state index contributed by atoms with van der Waals surface area (Å²) >= 11 is 0. The summed E-state index contributed by atoms with van der Waals surface area (Å²) < 4.78 is 0. The first-order valence-electron chi connectivity index (χ1n) is 4.86. The summed E-state index contributed by atoms with van der Waals surface area (Å²) in [6.07, 6.45) is 4.02. The van der Waals surface area contributed by atoms with E-state index >= 15 is 0 Å². The molecular formula is C13H17N. The topological polar surface area (TPSA) is 3.24 Å². The lowest BCUT2D eigenvalue weighted by Gasteiger charge is -2.23. The van der Waals surface area contributed by atoms with E-state index in [9.17, 15) is 0 Å². The average molecular weight is 187 g/mol. The summed E-state index contributed by atoms with van der Waals surface area (Å²) in [5.74, 6) is 0. The van der Waals surface area contributed by atoms with Gasteiger partial charge in [0.25, 0.3) is 0 Å². The molecule has 74 valence electrons. The number of allylic oxidation sites excluding steroid dienone is 2. The van der Waals surface area contributed by atoms with Gasteiger partial charge in [0.2, 0.25) is 0 Å². The fraction of sp³-hybridized carbons (Fsp3) is 0.231. The van der Waals surface area contributed by atoms with Crippen molar-refractivity contribution in [3.05, 3.63) is 54.8 Å². The van der Waals surface area contributed by atoms with E-state index in [0.717, 1.165) is 6.54 Å². The molecule has 1 rings (SSSR count). The van der Waals surface area contributed by atoms with Crippen LogP contribution in [0.3, 0.4) is 0 Å². The Morgan fingerprint density at radius 2 is 2.00 bits per heavy atom. The molecule has 0 aromatic heterocycles. The van der Waals surface area contributed by atoms with Crippen LogP contribution >= 0.6 is 0 Å². The maximum absolute atomic E-state index is 3.77. The Morgan fingerprint density at radius 1 is 1.36 bits per heavy atom. The second-order valence-electron chi connectivity index (χ2n) is 3.16. The van der Waals surface area contributed by atoms with Gasteiger partial charge >= 0.3 is 0 Å². The molecule has 14 heavy (non-hydrogen) atoms. The quantitative estimate of drug-likeness (QED) is 0.651. The van der Waals surface area contributed by atoms with Crippen LogP contribution in [0.25, 0.3) is 0 Å². The second-order valence-corrected chi connectivity index (χ2v) is 3.16. The standard InChI is InChI=1S/C13H17N/c1-4-11-14(12(3)5-2)13-9-7-6-8-10-13/h4-10H,1,11H2,2-3H3/b12-5+. The molecule has 0 bridgehead atoms. The molecule has 0 spiro atoms. The third-order valence-corrected chi connectivity index (χ3v) is 2.22. The van der Waals surface area contributed by atoms with Gasteiger partial charge in [-0.25, -0.2) is 0 Å². The Labute approximate surface area is 86.4 Å². The van der Waals surface area contributed by atoms with Gasteiger partial charge in [-0.3, -0.25) is 0 Å². The SMILES string of the molecule is C=CCN(/C(C)=C/C)c1ccccc1. The molecule has 1 nitrogen and oxygen atoms in total. The molecule has 1 aromatic rings. The number of nitrogens with zero attached hydrogens (tertiary/aromatic N) is 1. The number of benzene rings is 1. The first-order valence-corrected chi connectivity index (χ1v) is 4.86. The Balaban J connectivity index is 2.94. The van der Waals surface area contributed by atoms with Crippen LogP contribution in [0, 0.1) is 0 Å². The van der Waals surface area contributed by atoms with Gasteiger partial charge < -0.3 is 4.90 Å². The summed E-state index contributed by atoms with van der Waals surface area (Å²) in [5, 5.41) is 0. The number of hydrogen-bond donors (Lipinski definition) is 0. The summed E-state index contributed by atoms with van der Waals surface area (Å²) in [6.45, 7) is 8.78. The van der Waals surface area contributed by atoms with Crippen molar-refractivity contribution in [1.82, 2.24) is 0 Å². The predicted molar refractivity (Wildman–Crippen MR) is 63.4 cm³/mol. The Kier molecular flexibility index (Phi) is 3.99. The van der Waals surface area contributed by atoms with Crippen LogP contribution in [0.5, 0.6) is 0 Å². The minimum atomic E-state index is 0.847. The van der Waals surface area contributed by atoms with Gasteiger partial charge in [0.05, 0.1) is 0 Å². The number of anilines is 1. The van der Waals surface area contributed by atoms with Crippen molar-refractivity contribution >= 4 is 5.69 Å². The van der Waals surface area contributed by atoms with Crippen LogP contribution in [0.15, 0.2) is 54.8 Å². The van der Waals surface area contributed by atoms with E-state index in [0.29, 0.717) is 0 Å². The smallest absolute Gasteiger partial charge is 0.0410 e. The van der Waals surface area contributed by atoms with E-state index in [1.54, 1.807) is 0 Å². The fourth-order valence-corrected chi connectivity index (χ4v) is 1.35. The van der Waals surface area contributed by atoms with Gasteiger partial charge in [-0.1, -0.05) is 30.4 Å². The molecule has 0 heterocycles. The van der Waals surface area contributed by atoms with E-state index in [-0.39, 0.29) is 0 Å². The van der Waals surface area contributed by atoms with Gasteiger partial charge in [-0.05, 0) is 26.0 Å². The van der Waals surface area contributed by atoms with Crippen molar-refractivity contribution in [3.8, 4) is 0 Å². The van der Waals surface area contributed by atoms with Gasteiger partial charge in [0, 0.05) is 17.9 Å². The highest BCUT2D eigenvalue weighted by molar-refractivity contribution is 5.51. The molecule has 0 amide bonds. The van der Waals surface area contributed by atoms with E-state index in [2.05, 4.69) is 36.6 Å². The van der Waals surface area contributed by atoms with Gasteiger partial charge in [0.1, 0.15) is 0 Å². The second kappa shape index (κ2) is 5.28. The van der Waals surface area contributed by atoms with Crippen LogP contribution in [-0.2, 0) is 0 Å². The normalized spacial score (nSPS) is 11.1. The molecule has 0 radical (unpaired) electrons. The average Bonchev–Trinajstić information content (AvgIpc) is 2.26. The van der Waals surface area contributed by atoms with Crippen LogP contribution in [0.1, 0.15) is 13.8 Å². The van der Waals surface area contributed by atoms with Crippen molar-refractivity contribution < 1.29 is 0 Å². The largest absolute Gasteiger partial charge is 0.342 e. The molecule has 0 unspecified atom stereocenters. The zero-order chi connectivity index (χ0) is 10.4. The molecular weight excluding hydrogens is 170 g/mol. The summed E-state index contributed by atoms with van der Waals surface area (Å²) in [5.41, 5.74) is 2.46. The number of para-hydroxylation sites is 1. The molecule has 1 heteroatoms. The van der Waals surface area contributed by atoms with E-state index in [4.69, 9.17) is 0 Å². The summed E-state index contributed by atoms with van der Waals surface area (Å²) in [4.78, 5) is 2.23. The molecule has 0 N–H and O–H groups in total. The van der Waals surface area contributed by atoms with Crippen molar-refractivity contribution in [2.24, 2.45) is 0 Å². The molecule has 0 saturated heterocycles. The molecule has 0 aliphatic carbocycles. The molecule has 0 saturated carbocycles. The zero-order valence-electron chi connectivity index (χ0n) is 8.90. The third kappa shape index (κ3) is 2.49. The highest BCUT2D eigenvalue weighted by Crippen LogP contribution is 2.17. The highest BCUT2D eigenvalue weighted by Gasteiger charge is 2.04. The predicted octanol–water partition coefficient (Wildman–Crippen LogP) is 3.60. The molecule has 1 aromatic carbocycles. The van der Waals surface area contributed by atoms with Gasteiger partial charge in [-0.2, -0.15) is 0 Å². The van der Waals surface area contributed by atoms with Crippen LogP contribution < -0.4 is 4.90 Å². The Hall–Kier alpha value is -1.50. The van der Waals surface area contributed by atoms with Crippen LogP contribution in [-0.4, -0.2) is 6.54 Å². The van der Waals surface area contributed by atoms with E-state index in [1.165, 1.54) is 11.4 Å². The molecule has 0 aliphatic rings. The van der Waals surface area contributed by atoms with Crippen molar-refractivity contribution in [2.45, 2.75) is 13.8 Å². The van der Waals surface area contributed by atoms with E-state index in [1.807, 2.05) is 31.2 Å². The lowest BCUT2D eigenvalue weighted by Crippen LogP contribution is -2.20. The monoisotopic (exact) mass is 187 g/mol. The minimum absolute atomic E-state index is 0.847. The highest BCUT2D eigenvalue weighted by atomic mass is 15.1. The van der Waals surface area contributed by atoms with Crippen LogP contribution in [0.4, 0.5) is 5.69 Å². The van der Waals surface area contributed by atoms with Crippen molar-refractivity contribution in [2.75, 3.05) is 11.4 Å². The van der Waals surface area contributed by atoms with Crippen LogP contribution in [0.2, 0.25) is 0 Å². The van der Waals surface area contributed by atoms with Crippen molar-refractivity contribution in [1.29, 1.82) is 0 Å². The van der Waals surface area contributed by atoms with E-state index < -0.39 is 0 Å². The fourth-order valence-electron chi connectivity index (χ4n) is 1.35. The summed E-state index contributed by atoms with van der Waals surface area (Å²) in [7, 11) is 0. The van der Waals surface area contributed by atoms with Gasteiger partial charge in [-0.15, -0.1) is 6.58 Å². The maximum Gasteiger partial charge on any atom is 0.0410 e. The lowest BCUT2D eigenvalue weighted by molar-refractivity contribution is 1.00. The first kappa shape index (κ1) is 10.6. The Bertz CT molecular complexity index is 311. The zero-order valence-corrected chi connectivity index (χ0v) is 8.90. The Morgan fingerprint density at radius 3 is 2.50 bits per heavy atom. The van der Waals surface area contributed by atoms with Crippen molar-refractivity contribution in [3.63, 3.8) is 0 Å².